The van der Waals surface area contributed by atoms with E-state index < -0.39 is 11.0 Å². The summed E-state index contributed by atoms with van der Waals surface area (Å²) in [5.74, 6) is 0. The number of hydrogen-bond donors (Lipinski definition) is 0. The second kappa shape index (κ2) is 5.94. The van der Waals surface area contributed by atoms with Crippen LogP contribution in [0.3, 0.4) is 0 Å². The molecule has 21 heavy (non-hydrogen) atoms. The van der Waals surface area contributed by atoms with Crippen molar-refractivity contribution < 1.29 is 13.7 Å². The van der Waals surface area contributed by atoms with Crippen molar-refractivity contribution in [3.63, 3.8) is 0 Å². The van der Waals surface area contributed by atoms with E-state index in [1.807, 2.05) is 16.4 Å². The molecule has 0 aromatic heterocycles. The van der Waals surface area contributed by atoms with Crippen molar-refractivity contribution in [2.75, 3.05) is 24.2 Å². The molecule has 2 aliphatic rings. The Labute approximate surface area is 131 Å². The zero-order valence-electron chi connectivity index (χ0n) is 11.8. The summed E-state index contributed by atoms with van der Waals surface area (Å²) in [5.41, 5.74) is 1.82. The van der Waals surface area contributed by atoms with Crippen LogP contribution >= 0.6 is 11.6 Å². The number of ether oxygens (including phenoxy) is 1. The van der Waals surface area contributed by atoms with Crippen LogP contribution in [0.1, 0.15) is 18.4 Å². The predicted molar refractivity (Wildman–Crippen MR) is 82.8 cm³/mol. The summed E-state index contributed by atoms with van der Waals surface area (Å²) < 4.78 is 18.7. The van der Waals surface area contributed by atoms with Gasteiger partial charge in [-0.25, -0.2) is 13.3 Å². The van der Waals surface area contributed by atoms with E-state index in [1.165, 1.54) is 0 Å². The summed E-state index contributed by atoms with van der Waals surface area (Å²) in [6.45, 7) is 1.71. The molecule has 2 aliphatic heterocycles. The minimum Gasteiger partial charge on any atom is -0.444 e. The first-order valence-corrected chi connectivity index (χ1v) is 8.78. The third-order valence-electron chi connectivity index (χ3n) is 4.00. The second-order valence-electron chi connectivity index (χ2n) is 5.28. The largest absolute Gasteiger partial charge is 0.444 e. The Morgan fingerprint density at radius 3 is 2.71 bits per heavy atom. The fraction of sp³-hybridized carbons (Fsp3) is 0.500. The van der Waals surface area contributed by atoms with Gasteiger partial charge in [-0.05, 0) is 31.0 Å². The van der Waals surface area contributed by atoms with Gasteiger partial charge < -0.3 is 4.74 Å². The molecule has 0 radical (unpaired) electrons. The van der Waals surface area contributed by atoms with Gasteiger partial charge in [0, 0.05) is 36.0 Å². The van der Waals surface area contributed by atoms with Gasteiger partial charge in [0.05, 0.1) is 16.7 Å². The van der Waals surface area contributed by atoms with Crippen molar-refractivity contribution in [3.8, 4) is 0 Å². The number of fused-ring (bicyclic) bond motifs is 1. The van der Waals surface area contributed by atoms with Crippen LogP contribution in [-0.4, -0.2) is 40.0 Å². The molecule has 0 saturated carbocycles. The molecule has 1 aromatic carbocycles. The number of amides is 1. The van der Waals surface area contributed by atoms with Crippen LogP contribution in [-0.2, 0) is 22.3 Å². The molecule has 1 atom stereocenters. The molecule has 114 valence electrons. The number of hydrogen-bond acceptors (Lipinski definition) is 3. The monoisotopic (exact) mass is 328 g/mol. The molecule has 0 spiro atoms. The number of benzene rings is 1. The van der Waals surface area contributed by atoms with Crippen molar-refractivity contribution in [1.29, 1.82) is 0 Å². The highest BCUT2D eigenvalue weighted by molar-refractivity contribution is 7.81. The molecule has 5 nitrogen and oxygen atoms in total. The summed E-state index contributed by atoms with van der Waals surface area (Å²) in [6, 6.07) is 5.59. The van der Waals surface area contributed by atoms with Crippen LogP contribution in [0.15, 0.2) is 18.2 Å². The van der Waals surface area contributed by atoms with E-state index in [4.69, 9.17) is 16.3 Å². The Morgan fingerprint density at radius 2 is 2.05 bits per heavy atom. The molecule has 1 saturated heterocycles. The summed E-state index contributed by atoms with van der Waals surface area (Å²) >= 11 is 6.00. The summed E-state index contributed by atoms with van der Waals surface area (Å²) in [7, 11) is -0.948. The molecule has 1 fully saturated rings. The van der Waals surface area contributed by atoms with Gasteiger partial charge in [-0.1, -0.05) is 11.6 Å². The van der Waals surface area contributed by atoms with Gasteiger partial charge in [0.1, 0.15) is 6.61 Å². The van der Waals surface area contributed by atoms with E-state index in [0.29, 0.717) is 5.02 Å². The topological polar surface area (TPSA) is 49.9 Å². The van der Waals surface area contributed by atoms with Crippen LogP contribution < -0.4 is 4.90 Å². The lowest BCUT2D eigenvalue weighted by atomic mass is 10.0. The first-order chi connectivity index (χ1) is 10.1. The first-order valence-electron chi connectivity index (χ1n) is 6.89. The molecule has 0 aliphatic carbocycles. The van der Waals surface area contributed by atoms with Gasteiger partial charge in [-0.2, -0.15) is 0 Å². The van der Waals surface area contributed by atoms with Crippen molar-refractivity contribution in [3.05, 3.63) is 28.8 Å². The zero-order valence-corrected chi connectivity index (χ0v) is 13.3. The predicted octanol–water partition coefficient (Wildman–Crippen LogP) is 2.55. The standard InChI is InChI=1S/C14H17ClN2O3S/c1-21(19)16-6-4-12(5-7-16)17-13-3-2-11(15)8-10(13)9-20-14(17)18/h2-3,8,12H,4-7,9H2,1H3. The Balaban J connectivity index is 1.83. The molecule has 3 rings (SSSR count). The van der Waals surface area contributed by atoms with Gasteiger partial charge >= 0.3 is 6.09 Å². The van der Waals surface area contributed by atoms with Crippen molar-refractivity contribution in [1.82, 2.24) is 4.31 Å². The lowest BCUT2D eigenvalue weighted by Crippen LogP contribution is -2.49. The fourth-order valence-electron chi connectivity index (χ4n) is 2.92. The minimum absolute atomic E-state index is 0.0810. The van der Waals surface area contributed by atoms with E-state index in [9.17, 15) is 9.00 Å². The Hall–Kier alpha value is -1.11. The number of anilines is 1. The molecule has 0 bridgehead atoms. The smallest absolute Gasteiger partial charge is 0.414 e. The minimum atomic E-state index is -0.948. The average molecular weight is 329 g/mol. The Morgan fingerprint density at radius 1 is 1.33 bits per heavy atom. The summed E-state index contributed by atoms with van der Waals surface area (Å²) in [6.07, 6.45) is 2.96. The zero-order chi connectivity index (χ0) is 15.0. The molecule has 1 aromatic rings. The van der Waals surface area contributed by atoms with Gasteiger partial charge in [-0.3, -0.25) is 4.90 Å². The molecule has 7 heteroatoms. The SMILES string of the molecule is CS(=O)N1CCC(N2C(=O)OCc3cc(Cl)ccc32)CC1. The van der Waals surface area contributed by atoms with E-state index in [2.05, 4.69) is 0 Å². The number of halogens is 1. The highest BCUT2D eigenvalue weighted by Gasteiger charge is 2.34. The van der Waals surface area contributed by atoms with E-state index in [0.717, 1.165) is 37.2 Å². The second-order valence-corrected chi connectivity index (χ2v) is 7.08. The van der Waals surface area contributed by atoms with Crippen LogP contribution in [0.25, 0.3) is 0 Å². The van der Waals surface area contributed by atoms with Gasteiger partial charge in [-0.15, -0.1) is 0 Å². The molecule has 0 N–H and O–H groups in total. The fourth-order valence-corrected chi connectivity index (χ4v) is 3.84. The number of piperidine rings is 1. The maximum absolute atomic E-state index is 12.2. The lowest BCUT2D eigenvalue weighted by Gasteiger charge is -2.39. The number of nitrogens with zero attached hydrogens (tertiary/aromatic N) is 2. The number of carbonyl (C=O) groups excluding carboxylic acids is 1. The maximum Gasteiger partial charge on any atom is 0.414 e. The van der Waals surface area contributed by atoms with Crippen LogP contribution in [0, 0.1) is 0 Å². The molecule has 2 heterocycles. The van der Waals surface area contributed by atoms with Gasteiger partial charge in [0.15, 0.2) is 0 Å². The molecule has 1 amide bonds. The quantitative estimate of drug-likeness (QED) is 0.838. The van der Waals surface area contributed by atoms with Crippen molar-refractivity contribution >= 4 is 34.4 Å². The van der Waals surface area contributed by atoms with Crippen molar-refractivity contribution in [2.24, 2.45) is 0 Å². The lowest BCUT2D eigenvalue weighted by molar-refractivity contribution is 0.136. The average Bonchev–Trinajstić information content (AvgIpc) is 2.47. The molecular formula is C14H17ClN2O3S. The Kier molecular flexibility index (Phi) is 4.19. The maximum atomic E-state index is 12.2. The number of rotatable bonds is 2. The van der Waals surface area contributed by atoms with Crippen LogP contribution in [0.4, 0.5) is 10.5 Å². The highest BCUT2D eigenvalue weighted by Crippen LogP contribution is 2.33. The van der Waals surface area contributed by atoms with E-state index in [-0.39, 0.29) is 18.7 Å². The van der Waals surface area contributed by atoms with E-state index in [1.54, 1.807) is 17.2 Å². The summed E-state index contributed by atoms with van der Waals surface area (Å²) in [5, 5.41) is 0.642. The van der Waals surface area contributed by atoms with E-state index >= 15 is 0 Å². The van der Waals surface area contributed by atoms with Crippen LogP contribution in [0.5, 0.6) is 0 Å². The Bertz CT molecular complexity index is 588. The highest BCUT2D eigenvalue weighted by atomic mass is 35.5. The molecule has 1 unspecified atom stereocenters. The third-order valence-corrected chi connectivity index (χ3v) is 5.33. The number of carbonyl (C=O) groups is 1. The number of cyclic esters (lactones) is 1. The van der Waals surface area contributed by atoms with Crippen LogP contribution in [0.2, 0.25) is 5.02 Å². The third kappa shape index (κ3) is 2.93. The first kappa shape index (κ1) is 14.8. The van der Waals surface area contributed by atoms with Gasteiger partial charge in [0.2, 0.25) is 0 Å². The van der Waals surface area contributed by atoms with Crippen molar-refractivity contribution in [2.45, 2.75) is 25.5 Å². The van der Waals surface area contributed by atoms with Gasteiger partial charge in [0.25, 0.3) is 0 Å². The normalized spacial score (nSPS) is 21.8. The summed E-state index contributed by atoms with van der Waals surface area (Å²) in [4.78, 5) is 13.9. The molecular weight excluding hydrogens is 312 g/mol.